The second kappa shape index (κ2) is 6.84. The van der Waals surface area contributed by atoms with Gasteiger partial charge in [0, 0.05) is 36.8 Å². The van der Waals surface area contributed by atoms with Crippen LogP contribution in [0.3, 0.4) is 0 Å². The van der Waals surface area contributed by atoms with Crippen molar-refractivity contribution < 1.29 is 9.13 Å². The molecule has 0 spiro atoms. The molecule has 0 radical (unpaired) electrons. The van der Waals surface area contributed by atoms with Crippen molar-refractivity contribution in [3.05, 3.63) is 58.9 Å². The van der Waals surface area contributed by atoms with E-state index in [2.05, 4.69) is 64.9 Å². The zero-order chi connectivity index (χ0) is 18.1. The van der Waals surface area contributed by atoms with E-state index in [9.17, 15) is 4.39 Å². The minimum Gasteiger partial charge on any atom is -0.496 e. The Balaban J connectivity index is 2.59. The lowest BCUT2D eigenvalue weighted by Crippen LogP contribution is -2.21. The number of benzene rings is 2. The normalized spacial score (nSPS) is 11.7. The Hall–Kier alpha value is -2.03. The Bertz CT molecular complexity index is 720. The van der Waals surface area contributed by atoms with Gasteiger partial charge in [-0.2, -0.15) is 0 Å². The van der Waals surface area contributed by atoms with Gasteiger partial charge >= 0.3 is 0 Å². The monoisotopic (exact) mass is 329 g/mol. The van der Waals surface area contributed by atoms with Gasteiger partial charge in [-0.15, -0.1) is 0 Å². The van der Waals surface area contributed by atoms with Gasteiger partial charge in [-0.1, -0.05) is 45.9 Å². The first kappa shape index (κ1) is 18.3. The van der Waals surface area contributed by atoms with Crippen molar-refractivity contribution in [3.8, 4) is 5.75 Å². The smallest absolute Gasteiger partial charge is 0.126 e. The van der Waals surface area contributed by atoms with Crippen molar-refractivity contribution in [2.45, 2.75) is 39.0 Å². The Kier molecular flexibility index (Phi) is 5.22. The molecule has 0 aliphatic rings. The molecule has 0 atom stereocenters. The third-order valence-electron chi connectivity index (χ3n) is 4.69. The molecule has 24 heavy (non-hydrogen) atoms. The van der Waals surface area contributed by atoms with Gasteiger partial charge in [0.25, 0.3) is 0 Å². The predicted octanol–water partition coefficient (Wildman–Crippen LogP) is 5.35. The number of hydrogen-bond acceptors (Lipinski definition) is 2. The van der Waals surface area contributed by atoms with Gasteiger partial charge in [0.05, 0.1) is 7.11 Å². The van der Waals surface area contributed by atoms with Gasteiger partial charge in [-0.05, 0) is 29.2 Å². The molecule has 0 aromatic heterocycles. The quantitative estimate of drug-likeness (QED) is 0.733. The van der Waals surface area contributed by atoms with Gasteiger partial charge in [-0.25, -0.2) is 4.39 Å². The fraction of sp³-hybridized carbons (Fsp3) is 0.429. The van der Waals surface area contributed by atoms with Crippen molar-refractivity contribution in [1.82, 2.24) is 0 Å². The highest BCUT2D eigenvalue weighted by Gasteiger charge is 2.28. The first-order valence-electron chi connectivity index (χ1n) is 8.34. The van der Waals surface area contributed by atoms with Crippen molar-refractivity contribution in [1.29, 1.82) is 0 Å². The number of rotatable bonds is 5. The Morgan fingerprint density at radius 1 is 1.04 bits per heavy atom. The Labute approximate surface area is 145 Å². The molecule has 0 unspecified atom stereocenters. The molecule has 0 bridgehead atoms. The third-order valence-corrected chi connectivity index (χ3v) is 4.69. The van der Waals surface area contributed by atoms with E-state index < -0.39 is 0 Å². The molecular formula is C21H28FNO. The van der Waals surface area contributed by atoms with E-state index in [1.807, 2.05) is 6.07 Å². The first-order valence-corrected chi connectivity index (χ1v) is 8.34. The van der Waals surface area contributed by atoms with Crippen LogP contribution in [0, 0.1) is 5.82 Å². The lowest BCUT2D eigenvalue weighted by Gasteiger charge is -2.30. The highest BCUT2D eigenvalue weighted by molar-refractivity contribution is 5.59. The summed E-state index contributed by atoms with van der Waals surface area (Å²) >= 11 is 0. The summed E-state index contributed by atoms with van der Waals surface area (Å²) in [6.07, 6.45) is 0. The maximum Gasteiger partial charge on any atom is 0.126 e. The molecular weight excluding hydrogens is 301 g/mol. The van der Waals surface area contributed by atoms with Crippen LogP contribution in [-0.4, -0.2) is 21.2 Å². The van der Waals surface area contributed by atoms with Crippen LogP contribution in [0.15, 0.2) is 36.4 Å². The minimum absolute atomic E-state index is 0.282. The average Bonchev–Trinajstić information content (AvgIpc) is 2.53. The van der Waals surface area contributed by atoms with Gasteiger partial charge in [0.15, 0.2) is 0 Å². The van der Waals surface area contributed by atoms with Crippen molar-refractivity contribution >= 4 is 5.69 Å². The van der Waals surface area contributed by atoms with E-state index in [0.717, 1.165) is 5.56 Å². The number of halogens is 1. The summed E-state index contributed by atoms with van der Waals surface area (Å²) < 4.78 is 19.0. The van der Waals surface area contributed by atoms with Gasteiger partial charge in [0.2, 0.25) is 0 Å². The Morgan fingerprint density at radius 3 is 2.25 bits per heavy atom. The highest BCUT2D eigenvalue weighted by Crippen LogP contribution is 2.40. The van der Waals surface area contributed by atoms with E-state index in [1.54, 1.807) is 7.11 Å². The molecule has 0 saturated carbocycles. The average molecular weight is 329 g/mol. The van der Waals surface area contributed by atoms with E-state index in [-0.39, 0.29) is 11.2 Å². The van der Waals surface area contributed by atoms with Crippen LogP contribution in [0.4, 0.5) is 10.1 Å². The fourth-order valence-electron chi connectivity index (χ4n) is 3.14. The largest absolute Gasteiger partial charge is 0.496 e. The van der Waals surface area contributed by atoms with Crippen molar-refractivity contribution in [2.24, 2.45) is 0 Å². The highest BCUT2D eigenvalue weighted by atomic mass is 19.1. The minimum atomic E-state index is -0.292. The number of anilines is 1. The van der Waals surface area contributed by atoms with Crippen molar-refractivity contribution in [2.75, 3.05) is 26.1 Å². The standard InChI is InChI=1S/C21H28FNO/c1-14(2)17-10-8-15(12-19(17)23(5)6)21(3,4)18-11-9-16(22)13-20(18)24-7/h8-14H,1-7H3. The third kappa shape index (κ3) is 3.40. The summed E-state index contributed by atoms with van der Waals surface area (Å²) in [6.45, 7) is 8.70. The first-order chi connectivity index (χ1) is 11.2. The van der Waals surface area contributed by atoms with Crippen LogP contribution in [-0.2, 0) is 5.41 Å². The maximum absolute atomic E-state index is 13.5. The molecule has 0 saturated heterocycles. The van der Waals surface area contributed by atoms with Crippen LogP contribution >= 0.6 is 0 Å². The summed E-state index contributed by atoms with van der Waals surface area (Å²) in [5.41, 5.74) is 4.41. The molecule has 0 heterocycles. The second-order valence-corrected chi connectivity index (χ2v) is 7.29. The molecule has 3 heteroatoms. The van der Waals surface area contributed by atoms with E-state index >= 15 is 0 Å². The predicted molar refractivity (Wildman–Crippen MR) is 99.9 cm³/mol. The van der Waals surface area contributed by atoms with Crippen LogP contribution in [0.1, 0.15) is 50.3 Å². The van der Waals surface area contributed by atoms with E-state index in [4.69, 9.17) is 4.74 Å². The van der Waals surface area contributed by atoms with Crippen LogP contribution in [0.25, 0.3) is 0 Å². The molecule has 0 fully saturated rings. The molecule has 0 N–H and O–H groups in total. The zero-order valence-corrected chi connectivity index (χ0v) is 15.8. The topological polar surface area (TPSA) is 12.5 Å². The van der Waals surface area contributed by atoms with Gasteiger partial charge in [0.1, 0.15) is 11.6 Å². The van der Waals surface area contributed by atoms with E-state index in [1.165, 1.54) is 28.9 Å². The number of methoxy groups -OCH3 is 1. The molecule has 2 nitrogen and oxygen atoms in total. The summed E-state index contributed by atoms with van der Waals surface area (Å²) in [6, 6.07) is 11.4. The lowest BCUT2D eigenvalue weighted by atomic mass is 9.76. The van der Waals surface area contributed by atoms with Crippen LogP contribution in [0.5, 0.6) is 5.75 Å². The summed E-state index contributed by atoms with van der Waals surface area (Å²) in [5, 5.41) is 0. The lowest BCUT2D eigenvalue weighted by molar-refractivity contribution is 0.397. The maximum atomic E-state index is 13.5. The molecule has 2 aromatic carbocycles. The SMILES string of the molecule is COc1cc(F)ccc1C(C)(C)c1ccc(C(C)C)c(N(C)C)c1. The molecule has 0 aliphatic carbocycles. The molecule has 130 valence electrons. The summed E-state index contributed by atoms with van der Waals surface area (Å²) in [7, 11) is 5.72. The van der Waals surface area contributed by atoms with Crippen molar-refractivity contribution in [3.63, 3.8) is 0 Å². The fourth-order valence-corrected chi connectivity index (χ4v) is 3.14. The molecule has 2 rings (SSSR count). The second-order valence-electron chi connectivity index (χ2n) is 7.29. The summed E-state index contributed by atoms with van der Waals surface area (Å²) in [5.74, 6) is 0.759. The number of nitrogens with zero attached hydrogens (tertiary/aromatic N) is 1. The van der Waals surface area contributed by atoms with Crippen LogP contribution < -0.4 is 9.64 Å². The number of hydrogen-bond donors (Lipinski definition) is 0. The van der Waals surface area contributed by atoms with Gasteiger partial charge in [-0.3, -0.25) is 0 Å². The molecule has 0 aliphatic heterocycles. The zero-order valence-electron chi connectivity index (χ0n) is 15.8. The molecule has 2 aromatic rings. The molecule has 0 amide bonds. The number of ether oxygens (including phenoxy) is 1. The van der Waals surface area contributed by atoms with E-state index in [0.29, 0.717) is 11.7 Å². The van der Waals surface area contributed by atoms with Gasteiger partial charge < -0.3 is 9.64 Å². The van der Waals surface area contributed by atoms with Crippen LogP contribution in [0.2, 0.25) is 0 Å². The Morgan fingerprint density at radius 2 is 1.71 bits per heavy atom. The summed E-state index contributed by atoms with van der Waals surface area (Å²) in [4.78, 5) is 2.15.